The number of halogens is 2. The smallest absolute Gasteiger partial charge is 0.213 e. The number of aromatic nitrogens is 1. The first kappa shape index (κ1) is 10.7. The third-order valence-corrected chi connectivity index (χ3v) is 2.52. The molecular weight excluding hydrogens is 235 g/mol. The van der Waals surface area contributed by atoms with E-state index in [2.05, 4.69) is 4.98 Å². The number of nitrogens with zero attached hydrogens (tertiary/aromatic N) is 1. The fourth-order valence-electron chi connectivity index (χ4n) is 0.779. The van der Waals surface area contributed by atoms with Gasteiger partial charge >= 0.3 is 0 Å². The van der Waals surface area contributed by atoms with Crippen LogP contribution in [0.2, 0.25) is 10.2 Å². The van der Waals surface area contributed by atoms with E-state index in [-0.39, 0.29) is 15.9 Å². The molecule has 1 aromatic rings. The zero-order valence-corrected chi connectivity index (χ0v) is 8.70. The van der Waals surface area contributed by atoms with E-state index >= 15 is 0 Å². The third kappa shape index (κ3) is 3.48. The van der Waals surface area contributed by atoms with E-state index in [1.807, 2.05) is 0 Å². The van der Waals surface area contributed by atoms with Gasteiger partial charge in [-0.2, -0.15) is 0 Å². The van der Waals surface area contributed by atoms with Crippen LogP contribution in [0.5, 0.6) is 0 Å². The van der Waals surface area contributed by atoms with Crippen molar-refractivity contribution >= 4 is 33.2 Å². The highest BCUT2D eigenvalue weighted by Gasteiger charge is 2.09. The molecule has 0 saturated carbocycles. The van der Waals surface area contributed by atoms with Crippen molar-refractivity contribution < 1.29 is 8.42 Å². The molecule has 4 nitrogen and oxygen atoms in total. The molecule has 7 heteroatoms. The molecular formula is C6H6Cl2N2O2S. The lowest BCUT2D eigenvalue weighted by Crippen LogP contribution is -2.14. The number of primary sulfonamides is 1. The van der Waals surface area contributed by atoms with Gasteiger partial charge in [0.1, 0.15) is 5.15 Å². The lowest BCUT2D eigenvalue weighted by molar-refractivity contribution is 0.597. The highest BCUT2D eigenvalue weighted by Crippen LogP contribution is 2.19. The summed E-state index contributed by atoms with van der Waals surface area (Å²) in [5, 5.41) is 5.25. The van der Waals surface area contributed by atoms with Crippen molar-refractivity contribution in [1.82, 2.24) is 4.98 Å². The molecule has 1 aromatic heterocycles. The summed E-state index contributed by atoms with van der Waals surface area (Å²) in [4.78, 5) is 3.67. The van der Waals surface area contributed by atoms with Crippen LogP contribution in [-0.4, -0.2) is 13.4 Å². The Balaban J connectivity index is 3.08. The average molecular weight is 241 g/mol. The van der Waals surface area contributed by atoms with E-state index < -0.39 is 10.0 Å². The van der Waals surface area contributed by atoms with E-state index in [9.17, 15) is 8.42 Å². The molecule has 0 aliphatic heterocycles. The number of nitrogens with two attached hydrogens (primary N) is 1. The Hall–Kier alpha value is -0.360. The maximum atomic E-state index is 10.7. The summed E-state index contributed by atoms with van der Waals surface area (Å²) in [7, 11) is -3.59. The van der Waals surface area contributed by atoms with Crippen LogP contribution in [0, 0.1) is 0 Å². The predicted molar refractivity (Wildman–Crippen MR) is 51.1 cm³/mol. The number of rotatable bonds is 2. The molecule has 0 aromatic carbocycles. The first-order valence-electron chi connectivity index (χ1n) is 3.19. The summed E-state index contributed by atoms with van der Waals surface area (Å²) in [5.74, 6) is -0.339. The van der Waals surface area contributed by atoms with Crippen LogP contribution in [0.25, 0.3) is 0 Å². The Morgan fingerprint density at radius 1 is 1.46 bits per heavy atom. The summed E-state index contributed by atoms with van der Waals surface area (Å²) >= 11 is 11.2. The van der Waals surface area contributed by atoms with Gasteiger partial charge in [0.2, 0.25) is 10.0 Å². The molecule has 0 unspecified atom stereocenters. The van der Waals surface area contributed by atoms with Gasteiger partial charge in [0, 0.05) is 6.20 Å². The van der Waals surface area contributed by atoms with Gasteiger partial charge in [-0.15, -0.1) is 0 Å². The summed E-state index contributed by atoms with van der Waals surface area (Å²) in [6.07, 6.45) is 1.28. The van der Waals surface area contributed by atoms with Crippen molar-refractivity contribution in [2.24, 2.45) is 5.14 Å². The van der Waals surface area contributed by atoms with Crippen LogP contribution in [0.15, 0.2) is 12.3 Å². The van der Waals surface area contributed by atoms with Crippen LogP contribution >= 0.6 is 23.2 Å². The molecule has 72 valence electrons. The Bertz CT molecular complexity index is 419. The molecule has 0 radical (unpaired) electrons. The minimum Gasteiger partial charge on any atom is -0.243 e. The first-order valence-corrected chi connectivity index (χ1v) is 5.66. The Morgan fingerprint density at radius 3 is 2.62 bits per heavy atom. The summed E-state index contributed by atoms with van der Waals surface area (Å²) in [6, 6.07) is 1.37. The minimum atomic E-state index is -3.59. The van der Waals surface area contributed by atoms with Gasteiger partial charge in [0.15, 0.2) is 0 Å². The number of pyridine rings is 1. The molecule has 0 bridgehead atoms. The molecule has 0 aliphatic rings. The van der Waals surface area contributed by atoms with Gasteiger partial charge < -0.3 is 0 Å². The van der Waals surface area contributed by atoms with Gasteiger partial charge in [0.25, 0.3) is 0 Å². The van der Waals surface area contributed by atoms with Gasteiger partial charge in [-0.25, -0.2) is 18.5 Å². The zero-order chi connectivity index (χ0) is 10.1. The quantitative estimate of drug-likeness (QED) is 0.790. The van der Waals surface area contributed by atoms with Gasteiger partial charge in [0.05, 0.1) is 10.8 Å². The second-order valence-electron chi connectivity index (χ2n) is 2.41. The third-order valence-electron chi connectivity index (χ3n) is 1.26. The lowest BCUT2D eigenvalue weighted by Gasteiger charge is -2.01. The highest BCUT2D eigenvalue weighted by atomic mass is 35.5. The summed E-state index contributed by atoms with van der Waals surface area (Å²) in [6.45, 7) is 0. The molecule has 0 aliphatic carbocycles. The van der Waals surface area contributed by atoms with Crippen LogP contribution in [-0.2, 0) is 15.8 Å². The van der Waals surface area contributed by atoms with Crippen molar-refractivity contribution in [2.75, 3.05) is 0 Å². The SMILES string of the molecule is NS(=O)(=O)Cc1cc(Cl)ncc1Cl. The van der Waals surface area contributed by atoms with E-state index in [1.165, 1.54) is 12.3 Å². The van der Waals surface area contributed by atoms with Crippen molar-refractivity contribution in [2.45, 2.75) is 5.75 Å². The molecule has 0 saturated heterocycles. The predicted octanol–water partition coefficient (Wildman–Crippen LogP) is 1.18. The molecule has 0 spiro atoms. The zero-order valence-electron chi connectivity index (χ0n) is 6.37. The molecule has 13 heavy (non-hydrogen) atoms. The van der Waals surface area contributed by atoms with Gasteiger partial charge in [-0.3, -0.25) is 0 Å². The molecule has 0 fully saturated rings. The maximum Gasteiger partial charge on any atom is 0.213 e. The van der Waals surface area contributed by atoms with Crippen LogP contribution in [0.1, 0.15) is 5.56 Å². The van der Waals surface area contributed by atoms with Crippen LogP contribution in [0.4, 0.5) is 0 Å². The molecule has 0 atom stereocenters. The second-order valence-corrected chi connectivity index (χ2v) is 4.81. The van der Waals surface area contributed by atoms with Crippen molar-refractivity contribution in [3.8, 4) is 0 Å². The fourth-order valence-corrected chi connectivity index (χ4v) is 1.88. The fraction of sp³-hybridized carbons (Fsp3) is 0.167. The second kappa shape index (κ2) is 3.79. The monoisotopic (exact) mass is 240 g/mol. The van der Waals surface area contributed by atoms with E-state index in [0.717, 1.165) is 0 Å². The van der Waals surface area contributed by atoms with E-state index in [0.29, 0.717) is 5.56 Å². The van der Waals surface area contributed by atoms with Crippen LogP contribution in [0.3, 0.4) is 0 Å². The number of hydrogen-bond donors (Lipinski definition) is 1. The largest absolute Gasteiger partial charge is 0.243 e. The highest BCUT2D eigenvalue weighted by molar-refractivity contribution is 7.88. The standard InChI is InChI=1S/C6H6Cl2N2O2S/c7-5-2-10-6(8)1-4(5)3-13(9,11)12/h1-2H,3H2,(H2,9,11,12). The number of sulfonamides is 1. The van der Waals surface area contributed by atoms with Crippen molar-refractivity contribution in [3.05, 3.63) is 28.0 Å². The summed E-state index contributed by atoms with van der Waals surface area (Å²) < 4.78 is 21.4. The molecule has 1 rings (SSSR count). The average Bonchev–Trinajstić information content (AvgIpc) is 1.94. The van der Waals surface area contributed by atoms with Gasteiger partial charge in [-0.1, -0.05) is 23.2 Å². The molecule has 2 N–H and O–H groups in total. The topological polar surface area (TPSA) is 73.1 Å². The van der Waals surface area contributed by atoms with Crippen molar-refractivity contribution in [1.29, 1.82) is 0 Å². The normalized spacial score (nSPS) is 11.6. The Kier molecular flexibility index (Phi) is 3.13. The minimum absolute atomic E-state index is 0.183. The maximum absolute atomic E-state index is 10.7. The van der Waals surface area contributed by atoms with Crippen molar-refractivity contribution in [3.63, 3.8) is 0 Å². The first-order chi connectivity index (χ1) is 5.88. The van der Waals surface area contributed by atoms with E-state index in [4.69, 9.17) is 28.3 Å². The molecule has 1 heterocycles. The summed E-state index contributed by atoms with van der Waals surface area (Å²) in [5.41, 5.74) is 0.351. The Labute approximate surface area is 85.7 Å². The Morgan fingerprint density at radius 2 is 2.08 bits per heavy atom. The molecule has 0 amide bonds. The lowest BCUT2D eigenvalue weighted by atomic mass is 10.3. The van der Waals surface area contributed by atoms with Crippen LogP contribution < -0.4 is 5.14 Å². The van der Waals surface area contributed by atoms with Gasteiger partial charge in [-0.05, 0) is 11.6 Å². The number of hydrogen-bond acceptors (Lipinski definition) is 3. The van der Waals surface area contributed by atoms with E-state index in [1.54, 1.807) is 0 Å².